The lowest BCUT2D eigenvalue weighted by atomic mass is 9.76. The van der Waals surface area contributed by atoms with Crippen LogP contribution in [0.25, 0.3) is 0 Å². The molecule has 0 aromatic carbocycles. The van der Waals surface area contributed by atoms with Crippen molar-refractivity contribution in [2.75, 3.05) is 12.3 Å². The van der Waals surface area contributed by atoms with E-state index in [2.05, 4.69) is 19.9 Å². The molecule has 1 aromatic heterocycles. The van der Waals surface area contributed by atoms with Gasteiger partial charge in [0.05, 0.1) is 23.3 Å². The Labute approximate surface area is 124 Å². The van der Waals surface area contributed by atoms with Crippen LogP contribution in [0.4, 0.5) is 0 Å². The average molecular weight is 310 g/mol. The Balaban J connectivity index is 1.86. The van der Waals surface area contributed by atoms with E-state index >= 15 is 0 Å². The van der Waals surface area contributed by atoms with Gasteiger partial charge in [-0.1, -0.05) is 19.9 Å². The van der Waals surface area contributed by atoms with E-state index in [9.17, 15) is 8.42 Å². The monoisotopic (exact) mass is 310 g/mol. The van der Waals surface area contributed by atoms with Gasteiger partial charge >= 0.3 is 0 Å². The quantitative estimate of drug-likeness (QED) is 0.859. The standard InChI is InChI=1S/C14H18N2O2S2/c1-13(2)9-16(12(13)11-4-3-7-19-11)20(17,18)10-14(8-15)5-6-14/h3-4,7,12H,5-6,9-10H2,1-2H3. The summed E-state index contributed by atoms with van der Waals surface area (Å²) in [6.07, 6.45) is 1.42. The Hall–Kier alpha value is -0.900. The van der Waals surface area contributed by atoms with Gasteiger partial charge in [-0.15, -0.1) is 11.3 Å². The van der Waals surface area contributed by atoms with Crippen LogP contribution < -0.4 is 0 Å². The van der Waals surface area contributed by atoms with Crippen molar-refractivity contribution in [1.82, 2.24) is 4.31 Å². The van der Waals surface area contributed by atoms with Gasteiger partial charge in [0.1, 0.15) is 0 Å². The predicted octanol–water partition coefficient (Wildman–Crippen LogP) is 2.76. The molecule has 4 nitrogen and oxygen atoms in total. The maximum Gasteiger partial charge on any atom is 0.216 e. The molecule has 6 heteroatoms. The first kappa shape index (κ1) is 14.1. The maximum absolute atomic E-state index is 12.6. The first-order valence-electron chi connectivity index (χ1n) is 6.74. The van der Waals surface area contributed by atoms with Crippen LogP contribution in [-0.4, -0.2) is 25.0 Å². The first-order chi connectivity index (χ1) is 9.30. The van der Waals surface area contributed by atoms with Crippen molar-refractivity contribution in [1.29, 1.82) is 5.26 Å². The second-order valence-electron chi connectivity index (χ2n) is 6.60. The molecule has 0 N–H and O–H groups in total. The number of sulfonamides is 1. The molecule has 2 fully saturated rings. The summed E-state index contributed by atoms with van der Waals surface area (Å²) in [4.78, 5) is 1.09. The Bertz CT molecular complexity index is 652. The van der Waals surface area contributed by atoms with Gasteiger partial charge in [-0.05, 0) is 24.3 Å². The molecule has 2 aliphatic rings. The topological polar surface area (TPSA) is 61.2 Å². The summed E-state index contributed by atoms with van der Waals surface area (Å²) < 4.78 is 26.8. The molecule has 1 aliphatic heterocycles. The van der Waals surface area contributed by atoms with Crippen molar-refractivity contribution in [3.8, 4) is 6.07 Å². The van der Waals surface area contributed by atoms with Crippen LogP contribution in [0.2, 0.25) is 0 Å². The Morgan fingerprint density at radius 1 is 1.50 bits per heavy atom. The molecule has 2 heterocycles. The molecule has 1 atom stereocenters. The SMILES string of the molecule is CC1(C)CN(S(=O)(=O)CC2(C#N)CC2)C1c1cccs1. The van der Waals surface area contributed by atoms with E-state index in [-0.39, 0.29) is 17.2 Å². The Morgan fingerprint density at radius 3 is 2.65 bits per heavy atom. The van der Waals surface area contributed by atoms with Crippen molar-refractivity contribution in [2.45, 2.75) is 32.7 Å². The fourth-order valence-electron chi connectivity index (χ4n) is 2.96. The molecule has 0 amide bonds. The van der Waals surface area contributed by atoms with Crippen LogP contribution in [0.5, 0.6) is 0 Å². The van der Waals surface area contributed by atoms with Crippen molar-refractivity contribution >= 4 is 21.4 Å². The number of nitrogens with zero attached hydrogens (tertiary/aromatic N) is 2. The number of thiophene rings is 1. The van der Waals surface area contributed by atoms with Crippen molar-refractivity contribution < 1.29 is 8.42 Å². The lowest BCUT2D eigenvalue weighted by Gasteiger charge is -2.52. The van der Waals surface area contributed by atoms with E-state index in [1.807, 2.05) is 17.5 Å². The van der Waals surface area contributed by atoms with E-state index in [1.54, 1.807) is 15.6 Å². The Morgan fingerprint density at radius 2 is 2.20 bits per heavy atom. The van der Waals surface area contributed by atoms with Gasteiger partial charge in [-0.2, -0.15) is 9.57 Å². The van der Waals surface area contributed by atoms with Crippen LogP contribution in [0.1, 0.15) is 37.6 Å². The highest BCUT2D eigenvalue weighted by Crippen LogP contribution is 2.53. The maximum atomic E-state index is 12.6. The lowest BCUT2D eigenvalue weighted by molar-refractivity contribution is 0.0220. The van der Waals surface area contributed by atoms with Crippen LogP contribution in [0, 0.1) is 22.2 Å². The van der Waals surface area contributed by atoms with Gasteiger partial charge in [0.15, 0.2) is 0 Å². The lowest BCUT2D eigenvalue weighted by Crippen LogP contribution is -2.58. The first-order valence-corrected chi connectivity index (χ1v) is 9.23. The second kappa shape index (κ2) is 4.30. The summed E-state index contributed by atoms with van der Waals surface area (Å²) in [5, 5.41) is 11.1. The zero-order chi connectivity index (χ0) is 14.6. The molecule has 0 radical (unpaired) electrons. The van der Waals surface area contributed by atoms with Crippen molar-refractivity contribution in [2.24, 2.45) is 10.8 Å². The van der Waals surface area contributed by atoms with E-state index in [1.165, 1.54) is 0 Å². The van der Waals surface area contributed by atoms with Gasteiger partial charge in [-0.3, -0.25) is 0 Å². The van der Waals surface area contributed by atoms with Crippen molar-refractivity contribution in [3.05, 3.63) is 22.4 Å². The molecule has 108 valence electrons. The Kier molecular flexibility index (Phi) is 3.02. The molecule has 0 bridgehead atoms. The highest BCUT2D eigenvalue weighted by atomic mass is 32.2. The molecule has 1 aromatic rings. The summed E-state index contributed by atoms with van der Waals surface area (Å²) in [5.74, 6) is -0.0194. The van der Waals surface area contributed by atoms with E-state index in [0.717, 1.165) is 4.88 Å². The summed E-state index contributed by atoms with van der Waals surface area (Å²) in [5.41, 5.74) is -0.653. The van der Waals surface area contributed by atoms with Crippen LogP contribution >= 0.6 is 11.3 Å². The van der Waals surface area contributed by atoms with Gasteiger partial charge in [0, 0.05) is 16.8 Å². The molecule has 1 unspecified atom stereocenters. The minimum atomic E-state index is -3.36. The molecule has 0 spiro atoms. The van der Waals surface area contributed by atoms with E-state index in [4.69, 9.17) is 5.26 Å². The number of rotatable bonds is 4. The molecular formula is C14H18N2O2S2. The smallest absolute Gasteiger partial charge is 0.212 e. The van der Waals surface area contributed by atoms with Crippen LogP contribution in [0.3, 0.4) is 0 Å². The predicted molar refractivity (Wildman–Crippen MR) is 78.6 cm³/mol. The zero-order valence-electron chi connectivity index (χ0n) is 11.7. The highest BCUT2D eigenvalue weighted by Gasteiger charge is 2.56. The normalized spacial score (nSPS) is 27.6. The number of nitriles is 1. The molecule has 3 rings (SSSR count). The van der Waals surface area contributed by atoms with Gasteiger partial charge in [0.25, 0.3) is 0 Å². The fourth-order valence-corrected chi connectivity index (χ4v) is 6.54. The van der Waals surface area contributed by atoms with Crippen molar-refractivity contribution in [3.63, 3.8) is 0 Å². The number of hydrogen-bond donors (Lipinski definition) is 0. The van der Waals surface area contributed by atoms with Gasteiger partial charge < -0.3 is 0 Å². The largest absolute Gasteiger partial charge is 0.216 e. The molecular weight excluding hydrogens is 292 g/mol. The molecule has 1 aliphatic carbocycles. The zero-order valence-corrected chi connectivity index (χ0v) is 13.3. The minimum absolute atomic E-state index is 0.0194. The van der Waals surface area contributed by atoms with E-state index < -0.39 is 15.4 Å². The highest BCUT2D eigenvalue weighted by molar-refractivity contribution is 7.89. The van der Waals surface area contributed by atoms with Crippen LogP contribution in [-0.2, 0) is 10.0 Å². The van der Waals surface area contributed by atoms with Crippen LogP contribution in [0.15, 0.2) is 17.5 Å². The summed E-state index contributed by atoms with van der Waals surface area (Å²) in [7, 11) is -3.36. The van der Waals surface area contributed by atoms with Gasteiger partial charge in [-0.25, -0.2) is 8.42 Å². The van der Waals surface area contributed by atoms with E-state index in [0.29, 0.717) is 19.4 Å². The molecule has 20 heavy (non-hydrogen) atoms. The average Bonchev–Trinajstić information content (AvgIpc) is 2.91. The third-order valence-electron chi connectivity index (χ3n) is 4.31. The van der Waals surface area contributed by atoms with Gasteiger partial charge in [0.2, 0.25) is 10.0 Å². The third-order valence-corrected chi connectivity index (χ3v) is 7.21. The summed E-state index contributed by atoms with van der Waals surface area (Å²) in [6, 6.07) is 6.05. The summed E-state index contributed by atoms with van der Waals surface area (Å²) in [6.45, 7) is 4.74. The molecule has 1 saturated heterocycles. The minimum Gasteiger partial charge on any atom is -0.212 e. The fraction of sp³-hybridized carbons (Fsp3) is 0.643. The molecule has 1 saturated carbocycles. The second-order valence-corrected chi connectivity index (χ2v) is 9.50. The summed E-state index contributed by atoms with van der Waals surface area (Å²) >= 11 is 1.60. The third kappa shape index (κ3) is 2.18. The number of hydrogen-bond acceptors (Lipinski definition) is 4.